The highest BCUT2D eigenvalue weighted by Gasteiger charge is 2.27. The van der Waals surface area contributed by atoms with E-state index in [2.05, 4.69) is 15.5 Å². The molecule has 2 aromatic rings. The Kier molecular flexibility index (Phi) is 3.85. The van der Waals surface area contributed by atoms with Gasteiger partial charge in [-0.15, -0.1) is 0 Å². The van der Waals surface area contributed by atoms with Gasteiger partial charge >= 0.3 is 0 Å². The van der Waals surface area contributed by atoms with Gasteiger partial charge in [-0.05, 0) is 32.9 Å². The number of aromatic nitrogens is 2. The summed E-state index contributed by atoms with van der Waals surface area (Å²) in [6.45, 7) is 5.13. The molecule has 0 saturated heterocycles. The lowest BCUT2D eigenvalue weighted by Crippen LogP contribution is -2.38. The normalized spacial score (nSPS) is 11.4. The average molecular weight is 275 g/mol. The van der Waals surface area contributed by atoms with Gasteiger partial charge in [-0.3, -0.25) is 4.79 Å². The maximum atomic E-state index is 12.2. The summed E-state index contributed by atoms with van der Waals surface area (Å²) in [7, 11) is 1.49. The third-order valence-corrected chi connectivity index (χ3v) is 2.99. The zero-order valence-corrected chi connectivity index (χ0v) is 11.9. The Hall–Kier alpha value is -2.21. The minimum atomic E-state index is -0.919. The number of para-hydroxylation sites is 1. The lowest BCUT2D eigenvalue weighted by molar-refractivity contribution is -0.133. The van der Waals surface area contributed by atoms with Gasteiger partial charge in [0.2, 0.25) is 0 Å². The number of amides is 1. The van der Waals surface area contributed by atoms with E-state index in [0.717, 1.165) is 0 Å². The number of rotatable bonds is 4. The molecule has 0 bridgehead atoms. The van der Waals surface area contributed by atoms with E-state index < -0.39 is 5.60 Å². The predicted molar refractivity (Wildman–Crippen MR) is 74.2 cm³/mol. The van der Waals surface area contributed by atoms with Gasteiger partial charge in [-0.2, -0.15) is 4.98 Å². The van der Waals surface area contributed by atoms with Gasteiger partial charge in [0.25, 0.3) is 11.8 Å². The SMILES string of the molecule is COC(C)(C)C(=O)Nc1ccccc1-c1nc(C)no1. The Bertz CT molecular complexity index is 620. The molecule has 0 unspecified atom stereocenters. The lowest BCUT2D eigenvalue weighted by atomic mass is 10.1. The number of hydrogen-bond donors (Lipinski definition) is 1. The number of aryl methyl sites for hydroxylation is 1. The number of anilines is 1. The van der Waals surface area contributed by atoms with E-state index >= 15 is 0 Å². The first-order valence-electron chi connectivity index (χ1n) is 6.20. The number of hydrogen-bond acceptors (Lipinski definition) is 5. The summed E-state index contributed by atoms with van der Waals surface area (Å²) in [5.74, 6) is 0.663. The van der Waals surface area contributed by atoms with E-state index in [1.807, 2.05) is 18.2 Å². The Labute approximate surface area is 117 Å². The largest absolute Gasteiger partial charge is 0.369 e. The van der Waals surface area contributed by atoms with Crippen LogP contribution >= 0.6 is 0 Å². The maximum Gasteiger partial charge on any atom is 0.260 e. The third kappa shape index (κ3) is 2.85. The van der Waals surface area contributed by atoms with Gasteiger partial charge in [0, 0.05) is 7.11 Å². The molecule has 0 aliphatic rings. The van der Waals surface area contributed by atoms with Gasteiger partial charge in [0.15, 0.2) is 5.82 Å². The Morgan fingerprint density at radius 2 is 2.05 bits per heavy atom. The molecule has 106 valence electrons. The number of carbonyl (C=O) groups excluding carboxylic acids is 1. The monoisotopic (exact) mass is 275 g/mol. The summed E-state index contributed by atoms with van der Waals surface area (Å²) in [4.78, 5) is 16.3. The molecule has 0 atom stereocenters. The van der Waals surface area contributed by atoms with Crippen molar-refractivity contribution in [2.75, 3.05) is 12.4 Å². The second-order valence-electron chi connectivity index (χ2n) is 4.86. The molecule has 1 aromatic carbocycles. The summed E-state index contributed by atoms with van der Waals surface area (Å²) in [6, 6.07) is 7.25. The van der Waals surface area contributed by atoms with Crippen LogP contribution in [0.5, 0.6) is 0 Å². The minimum absolute atomic E-state index is 0.247. The number of benzene rings is 1. The van der Waals surface area contributed by atoms with E-state index in [-0.39, 0.29) is 5.91 Å². The number of carbonyl (C=O) groups is 1. The standard InChI is InChI=1S/C14H17N3O3/c1-9-15-12(20-17-9)10-7-5-6-8-11(10)16-13(18)14(2,3)19-4/h5-8H,1-4H3,(H,16,18). The molecule has 0 aliphatic heterocycles. The topological polar surface area (TPSA) is 77.2 Å². The molecule has 6 nitrogen and oxygen atoms in total. The first-order chi connectivity index (χ1) is 9.44. The number of ether oxygens (including phenoxy) is 1. The number of nitrogens with one attached hydrogen (secondary N) is 1. The third-order valence-electron chi connectivity index (χ3n) is 2.99. The molecule has 1 N–H and O–H groups in total. The van der Waals surface area contributed by atoms with Gasteiger partial charge in [0.05, 0.1) is 11.3 Å². The first kappa shape index (κ1) is 14.2. The molecule has 1 amide bonds. The van der Waals surface area contributed by atoms with E-state index in [1.54, 1.807) is 26.8 Å². The molecule has 20 heavy (non-hydrogen) atoms. The summed E-state index contributed by atoms with van der Waals surface area (Å²) in [5, 5.41) is 6.57. The van der Waals surface area contributed by atoms with Crippen LogP contribution in [0, 0.1) is 6.92 Å². The molecule has 0 spiro atoms. The van der Waals surface area contributed by atoms with Crippen molar-refractivity contribution < 1.29 is 14.1 Å². The zero-order chi connectivity index (χ0) is 14.8. The molecule has 0 fully saturated rings. The summed E-state index contributed by atoms with van der Waals surface area (Å²) < 4.78 is 10.3. The molecule has 0 aliphatic carbocycles. The molecule has 1 aromatic heterocycles. The van der Waals surface area contributed by atoms with E-state index in [4.69, 9.17) is 9.26 Å². The van der Waals surface area contributed by atoms with E-state index in [0.29, 0.717) is 23.0 Å². The Morgan fingerprint density at radius 1 is 1.35 bits per heavy atom. The second kappa shape index (κ2) is 5.42. The van der Waals surface area contributed by atoms with Crippen LogP contribution in [0.2, 0.25) is 0 Å². The van der Waals surface area contributed by atoms with Crippen LogP contribution in [-0.2, 0) is 9.53 Å². The van der Waals surface area contributed by atoms with Gasteiger partial charge in [-0.25, -0.2) is 0 Å². The van der Waals surface area contributed by atoms with E-state index in [1.165, 1.54) is 7.11 Å². The Morgan fingerprint density at radius 3 is 2.65 bits per heavy atom. The van der Waals surface area contributed by atoms with Crippen molar-refractivity contribution in [3.8, 4) is 11.5 Å². The fourth-order valence-corrected chi connectivity index (χ4v) is 1.55. The van der Waals surface area contributed by atoms with Crippen molar-refractivity contribution in [3.05, 3.63) is 30.1 Å². The molecular formula is C14H17N3O3. The molecule has 0 radical (unpaired) electrons. The highest BCUT2D eigenvalue weighted by molar-refractivity contribution is 5.99. The van der Waals surface area contributed by atoms with Crippen molar-refractivity contribution in [1.29, 1.82) is 0 Å². The quantitative estimate of drug-likeness (QED) is 0.927. The molecular weight excluding hydrogens is 258 g/mol. The number of methoxy groups -OCH3 is 1. The average Bonchev–Trinajstić information content (AvgIpc) is 2.85. The lowest BCUT2D eigenvalue weighted by Gasteiger charge is -2.22. The summed E-state index contributed by atoms with van der Waals surface area (Å²) >= 11 is 0. The van der Waals surface area contributed by atoms with Gasteiger partial charge < -0.3 is 14.6 Å². The molecule has 6 heteroatoms. The second-order valence-corrected chi connectivity index (χ2v) is 4.86. The molecule has 2 rings (SSSR count). The number of nitrogens with zero attached hydrogens (tertiary/aromatic N) is 2. The van der Waals surface area contributed by atoms with Gasteiger partial charge in [-0.1, -0.05) is 17.3 Å². The fourth-order valence-electron chi connectivity index (χ4n) is 1.55. The van der Waals surface area contributed by atoms with Crippen LogP contribution < -0.4 is 5.32 Å². The van der Waals surface area contributed by atoms with Crippen molar-refractivity contribution in [2.24, 2.45) is 0 Å². The van der Waals surface area contributed by atoms with Crippen LogP contribution in [0.3, 0.4) is 0 Å². The highest BCUT2D eigenvalue weighted by atomic mass is 16.5. The zero-order valence-electron chi connectivity index (χ0n) is 11.9. The van der Waals surface area contributed by atoms with Crippen molar-refractivity contribution in [2.45, 2.75) is 26.4 Å². The molecule has 0 saturated carbocycles. The van der Waals surface area contributed by atoms with Crippen LogP contribution in [0.4, 0.5) is 5.69 Å². The van der Waals surface area contributed by atoms with Crippen molar-refractivity contribution >= 4 is 11.6 Å². The van der Waals surface area contributed by atoms with Crippen LogP contribution in [0.1, 0.15) is 19.7 Å². The maximum absolute atomic E-state index is 12.2. The van der Waals surface area contributed by atoms with Gasteiger partial charge in [0.1, 0.15) is 5.60 Å². The smallest absolute Gasteiger partial charge is 0.260 e. The van der Waals surface area contributed by atoms with Crippen LogP contribution in [-0.4, -0.2) is 28.8 Å². The van der Waals surface area contributed by atoms with E-state index in [9.17, 15) is 4.79 Å². The van der Waals surface area contributed by atoms with Crippen LogP contribution in [0.25, 0.3) is 11.5 Å². The molecule has 1 heterocycles. The minimum Gasteiger partial charge on any atom is -0.369 e. The van der Waals surface area contributed by atoms with Crippen molar-refractivity contribution in [3.63, 3.8) is 0 Å². The highest BCUT2D eigenvalue weighted by Crippen LogP contribution is 2.27. The summed E-state index contributed by atoms with van der Waals surface area (Å²) in [5.41, 5.74) is 0.359. The predicted octanol–water partition coefficient (Wildman–Crippen LogP) is 2.41. The van der Waals surface area contributed by atoms with Crippen LogP contribution in [0.15, 0.2) is 28.8 Å². The van der Waals surface area contributed by atoms with Crippen molar-refractivity contribution in [1.82, 2.24) is 10.1 Å². The fraction of sp³-hybridized carbons (Fsp3) is 0.357. The first-order valence-corrected chi connectivity index (χ1v) is 6.20. The summed E-state index contributed by atoms with van der Waals surface area (Å²) in [6.07, 6.45) is 0. The Balaban J connectivity index is 2.32.